The normalized spacial score (nSPS) is 17.1. The number of alkyl halides is 2. The number of nitrogens with zero attached hydrogens (tertiary/aromatic N) is 4. The summed E-state index contributed by atoms with van der Waals surface area (Å²) < 4.78 is 40.8. The lowest BCUT2D eigenvalue weighted by Gasteiger charge is -2.32. The third kappa shape index (κ3) is 3.84. The molecule has 164 valence electrons. The van der Waals surface area contributed by atoms with Gasteiger partial charge in [-0.3, -0.25) is 4.79 Å². The molecule has 4 heterocycles. The van der Waals surface area contributed by atoms with E-state index in [4.69, 9.17) is 9.47 Å². The molecule has 1 amide bonds. The van der Waals surface area contributed by atoms with Crippen molar-refractivity contribution in [1.82, 2.24) is 19.2 Å². The van der Waals surface area contributed by atoms with Crippen LogP contribution < -0.4 is 9.47 Å². The van der Waals surface area contributed by atoms with Gasteiger partial charge in [0.05, 0.1) is 24.9 Å². The fourth-order valence-corrected chi connectivity index (χ4v) is 4.35. The van der Waals surface area contributed by atoms with Crippen LogP contribution in [0.5, 0.6) is 11.6 Å². The van der Waals surface area contributed by atoms with Gasteiger partial charge in [-0.15, -0.1) is 0 Å². The summed E-state index contributed by atoms with van der Waals surface area (Å²) in [5.74, 6) is 1.19. The third-order valence-electron chi connectivity index (χ3n) is 5.91. The Kier molecular flexibility index (Phi) is 5.25. The highest BCUT2D eigenvalue weighted by atomic mass is 19.3. The maximum atomic E-state index is 13.0. The Morgan fingerprint density at radius 1 is 1.23 bits per heavy atom. The van der Waals surface area contributed by atoms with E-state index in [2.05, 4.69) is 5.10 Å². The van der Waals surface area contributed by atoms with Crippen LogP contribution in [0.2, 0.25) is 0 Å². The fraction of sp³-hybridized carbons (Fsp3) is 0.455. The summed E-state index contributed by atoms with van der Waals surface area (Å²) >= 11 is 0. The molecule has 0 saturated carbocycles. The van der Waals surface area contributed by atoms with E-state index in [1.807, 2.05) is 29.2 Å². The second-order valence-corrected chi connectivity index (χ2v) is 7.95. The van der Waals surface area contributed by atoms with Crippen LogP contribution in [0, 0.1) is 0 Å². The first-order chi connectivity index (χ1) is 15.1. The topological polar surface area (TPSA) is 61.5 Å². The third-order valence-corrected chi connectivity index (χ3v) is 5.91. The first-order valence-electron chi connectivity index (χ1n) is 10.6. The number of piperidine rings is 1. The largest absolute Gasteiger partial charge is 0.490 e. The molecule has 2 aliphatic rings. The molecular formula is C22H24F2N4O3. The number of likely N-dealkylation sites (tertiary alicyclic amines) is 1. The van der Waals surface area contributed by atoms with Gasteiger partial charge in [0, 0.05) is 50.5 Å². The summed E-state index contributed by atoms with van der Waals surface area (Å²) in [6.45, 7) is 2.19. The first kappa shape index (κ1) is 19.8. The zero-order valence-electron chi connectivity index (χ0n) is 17.0. The number of amides is 1. The van der Waals surface area contributed by atoms with Crippen LogP contribution in [0.4, 0.5) is 8.78 Å². The zero-order valence-corrected chi connectivity index (χ0v) is 17.0. The van der Waals surface area contributed by atoms with Crippen molar-refractivity contribution in [2.24, 2.45) is 0 Å². The van der Waals surface area contributed by atoms with E-state index < -0.39 is 6.43 Å². The molecule has 0 atom stereocenters. The molecule has 0 N–H and O–H groups in total. The lowest BCUT2D eigenvalue weighted by atomic mass is 10.1. The summed E-state index contributed by atoms with van der Waals surface area (Å²) in [4.78, 5) is 14.8. The Morgan fingerprint density at radius 3 is 2.87 bits per heavy atom. The Hall–Kier alpha value is -3.10. The number of carbonyl (C=O) groups excluding carboxylic acids is 1. The first-order valence-corrected chi connectivity index (χ1v) is 10.6. The van der Waals surface area contributed by atoms with Gasteiger partial charge in [-0.2, -0.15) is 5.10 Å². The van der Waals surface area contributed by atoms with Crippen LogP contribution in [0.1, 0.15) is 29.6 Å². The van der Waals surface area contributed by atoms with E-state index in [0.717, 1.165) is 23.9 Å². The van der Waals surface area contributed by atoms with Gasteiger partial charge in [-0.05, 0) is 18.2 Å². The molecule has 0 spiro atoms. The predicted octanol–water partition coefficient (Wildman–Crippen LogP) is 3.57. The molecule has 31 heavy (non-hydrogen) atoms. The van der Waals surface area contributed by atoms with Crippen LogP contribution in [-0.4, -0.2) is 57.4 Å². The Bertz CT molecular complexity index is 1090. The van der Waals surface area contributed by atoms with Crippen LogP contribution in [-0.2, 0) is 13.1 Å². The van der Waals surface area contributed by atoms with Crippen molar-refractivity contribution >= 4 is 16.8 Å². The van der Waals surface area contributed by atoms with Crippen molar-refractivity contribution in [2.75, 3.05) is 19.7 Å². The highest BCUT2D eigenvalue weighted by molar-refractivity contribution is 5.96. The molecule has 3 aromatic rings. The summed E-state index contributed by atoms with van der Waals surface area (Å²) in [6, 6.07) is 7.32. The van der Waals surface area contributed by atoms with Gasteiger partial charge in [-0.25, -0.2) is 13.5 Å². The molecule has 2 aliphatic heterocycles. The zero-order chi connectivity index (χ0) is 21.4. The van der Waals surface area contributed by atoms with E-state index in [9.17, 15) is 13.6 Å². The van der Waals surface area contributed by atoms with E-state index >= 15 is 0 Å². The smallest absolute Gasteiger partial charge is 0.260 e. The number of ether oxygens (including phenoxy) is 2. The van der Waals surface area contributed by atoms with Gasteiger partial charge < -0.3 is 18.9 Å². The summed E-state index contributed by atoms with van der Waals surface area (Å²) in [5, 5.41) is 5.09. The van der Waals surface area contributed by atoms with Gasteiger partial charge >= 0.3 is 0 Å². The molecular weight excluding hydrogens is 406 g/mol. The van der Waals surface area contributed by atoms with E-state index in [1.165, 1.54) is 0 Å². The second-order valence-electron chi connectivity index (χ2n) is 7.95. The van der Waals surface area contributed by atoms with Crippen LogP contribution in [0.15, 0.2) is 36.7 Å². The highest BCUT2D eigenvalue weighted by Crippen LogP contribution is 2.30. The summed E-state index contributed by atoms with van der Waals surface area (Å²) in [7, 11) is 0. The molecule has 1 aromatic carbocycles. The molecule has 1 saturated heterocycles. The van der Waals surface area contributed by atoms with Crippen LogP contribution in [0.25, 0.3) is 10.9 Å². The Labute approximate surface area is 178 Å². The Balaban J connectivity index is 1.24. The van der Waals surface area contributed by atoms with Gasteiger partial charge in [-0.1, -0.05) is 6.07 Å². The number of halogens is 2. The van der Waals surface area contributed by atoms with Gasteiger partial charge in [0.2, 0.25) is 5.88 Å². The number of fused-ring (bicyclic) bond motifs is 2. The fourth-order valence-electron chi connectivity index (χ4n) is 4.35. The Morgan fingerprint density at radius 2 is 2.06 bits per heavy atom. The minimum Gasteiger partial charge on any atom is -0.490 e. The lowest BCUT2D eigenvalue weighted by molar-refractivity contribution is 0.0592. The molecule has 1 fully saturated rings. The summed E-state index contributed by atoms with van der Waals surface area (Å²) in [5.41, 5.74) is 1.25. The predicted molar refractivity (Wildman–Crippen MR) is 110 cm³/mol. The maximum absolute atomic E-state index is 13.0. The van der Waals surface area contributed by atoms with Crippen molar-refractivity contribution in [3.63, 3.8) is 0 Å². The monoisotopic (exact) mass is 430 g/mol. The molecule has 0 unspecified atom stereocenters. The average Bonchev–Trinajstić information content (AvgIpc) is 3.39. The number of aryl methyl sites for hydroxylation is 1. The molecule has 5 rings (SSSR count). The number of benzene rings is 1. The molecule has 0 radical (unpaired) electrons. The van der Waals surface area contributed by atoms with E-state index in [1.54, 1.807) is 21.6 Å². The standard InChI is InChI=1S/C22H24F2N4O3/c23-20(24)14-27-11-7-16-18(27)3-1-4-19(16)31-15-5-9-26(10-6-15)21(29)17-13-25-28-8-2-12-30-22(17)28/h1,3-4,7,11,13,15,20H,2,5-6,8-10,12,14H2. The molecule has 7 nitrogen and oxygen atoms in total. The molecule has 2 aromatic heterocycles. The average molecular weight is 430 g/mol. The van der Waals surface area contributed by atoms with Gasteiger partial charge in [0.25, 0.3) is 12.3 Å². The summed E-state index contributed by atoms with van der Waals surface area (Å²) in [6.07, 6.45) is 3.10. The minimum absolute atomic E-state index is 0.0366. The highest BCUT2D eigenvalue weighted by Gasteiger charge is 2.29. The molecule has 9 heteroatoms. The quantitative estimate of drug-likeness (QED) is 0.621. The lowest BCUT2D eigenvalue weighted by Crippen LogP contribution is -2.41. The van der Waals surface area contributed by atoms with Crippen molar-refractivity contribution in [1.29, 1.82) is 0 Å². The number of carbonyl (C=O) groups is 1. The van der Waals surface area contributed by atoms with Crippen molar-refractivity contribution in [2.45, 2.75) is 44.9 Å². The molecule has 0 bridgehead atoms. The number of hydrogen-bond acceptors (Lipinski definition) is 4. The number of hydrogen-bond donors (Lipinski definition) is 0. The van der Waals surface area contributed by atoms with Crippen LogP contribution >= 0.6 is 0 Å². The second kappa shape index (κ2) is 8.20. The van der Waals surface area contributed by atoms with Gasteiger partial charge in [0.15, 0.2) is 0 Å². The van der Waals surface area contributed by atoms with Crippen molar-refractivity contribution < 1.29 is 23.0 Å². The molecule has 0 aliphatic carbocycles. The maximum Gasteiger partial charge on any atom is 0.260 e. The van der Waals surface area contributed by atoms with Crippen LogP contribution in [0.3, 0.4) is 0 Å². The van der Waals surface area contributed by atoms with E-state index in [0.29, 0.717) is 49.7 Å². The van der Waals surface area contributed by atoms with E-state index in [-0.39, 0.29) is 18.6 Å². The minimum atomic E-state index is -2.41. The van der Waals surface area contributed by atoms with Gasteiger partial charge in [0.1, 0.15) is 17.4 Å². The van der Waals surface area contributed by atoms with Crippen molar-refractivity contribution in [3.05, 3.63) is 42.2 Å². The number of aromatic nitrogens is 3. The SMILES string of the molecule is O=C(c1cnn2c1OCCC2)N1CCC(Oc2cccc3c2ccn3CC(F)F)CC1. The van der Waals surface area contributed by atoms with Crippen molar-refractivity contribution in [3.8, 4) is 11.6 Å². The number of rotatable bonds is 5.